The third kappa shape index (κ3) is 3.58. The number of rotatable bonds is 6. The molecule has 0 aromatic carbocycles. The molecule has 1 aromatic heterocycles. The fraction of sp³-hybridized carbons (Fsp3) is 0.692. The van der Waals surface area contributed by atoms with E-state index >= 15 is 0 Å². The van der Waals surface area contributed by atoms with Crippen molar-refractivity contribution in [2.45, 2.75) is 45.4 Å². The number of hydrogen-bond donors (Lipinski definition) is 2. The molecular weight excluding hydrogens is 214 g/mol. The first-order valence-electron chi connectivity index (χ1n) is 6.50. The van der Waals surface area contributed by atoms with Crippen LogP contribution in [-0.2, 0) is 0 Å². The largest absolute Gasteiger partial charge is 0.351 e. The zero-order valence-corrected chi connectivity index (χ0v) is 10.6. The van der Waals surface area contributed by atoms with Gasteiger partial charge in [-0.15, -0.1) is 0 Å². The number of hydrogen-bond acceptors (Lipinski definition) is 2. The van der Waals surface area contributed by atoms with Crippen molar-refractivity contribution in [2.24, 2.45) is 5.92 Å². The summed E-state index contributed by atoms with van der Waals surface area (Å²) in [6.07, 6.45) is 4.62. The van der Waals surface area contributed by atoms with Crippen LogP contribution in [0.1, 0.15) is 61.6 Å². The molecule has 4 nitrogen and oxygen atoms in total. The summed E-state index contributed by atoms with van der Waals surface area (Å²) >= 11 is 0. The molecule has 17 heavy (non-hydrogen) atoms. The molecule has 1 aliphatic rings. The quantitative estimate of drug-likeness (QED) is 0.744. The van der Waals surface area contributed by atoms with Gasteiger partial charge >= 0.3 is 0 Å². The number of aromatic nitrogens is 2. The highest BCUT2D eigenvalue weighted by Crippen LogP contribution is 2.38. The molecule has 0 spiro atoms. The number of nitrogens with zero attached hydrogens (tertiary/aromatic N) is 1. The van der Waals surface area contributed by atoms with E-state index in [2.05, 4.69) is 29.4 Å². The normalized spacial score (nSPS) is 15.2. The summed E-state index contributed by atoms with van der Waals surface area (Å²) in [7, 11) is 0. The summed E-state index contributed by atoms with van der Waals surface area (Å²) in [5.74, 6) is 1.25. The van der Waals surface area contributed by atoms with Gasteiger partial charge in [-0.3, -0.25) is 9.89 Å². The molecule has 0 atom stereocenters. The minimum atomic E-state index is -0.0584. The zero-order chi connectivity index (χ0) is 12.3. The molecule has 94 valence electrons. The van der Waals surface area contributed by atoms with Crippen LogP contribution in [0.5, 0.6) is 0 Å². The van der Waals surface area contributed by atoms with E-state index in [-0.39, 0.29) is 5.91 Å². The topological polar surface area (TPSA) is 57.8 Å². The molecule has 2 rings (SSSR count). The van der Waals surface area contributed by atoms with Crippen LogP contribution in [0.3, 0.4) is 0 Å². The second-order valence-corrected chi connectivity index (χ2v) is 5.27. The predicted octanol–water partition coefficient (Wildman–Crippen LogP) is 2.45. The average Bonchev–Trinajstić information content (AvgIpc) is 3.02. The lowest BCUT2D eigenvalue weighted by Crippen LogP contribution is -2.25. The van der Waals surface area contributed by atoms with E-state index in [4.69, 9.17) is 0 Å². The molecule has 0 unspecified atom stereocenters. The van der Waals surface area contributed by atoms with Gasteiger partial charge in [-0.25, -0.2) is 0 Å². The second-order valence-electron chi connectivity index (χ2n) is 5.27. The fourth-order valence-electron chi connectivity index (χ4n) is 1.86. The SMILES string of the molecule is CC(C)CCCNC(=O)c1cc(C2CC2)[nH]n1. The molecule has 1 fully saturated rings. The monoisotopic (exact) mass is 235 g/mol. The molecule has 1 heterocycles. The van der Waals surface area contributed by atoms with Gasteiger partial charge in [0.1, 0.15) is 5.69 Å². The molecule has 1 aliphatic carbocycles. The molecule has 0 saturated heterocycles. The first-order valence-corrected chi connectivity index (χ1v) is 6.50. The summed E-state index contributed by atoms with van der Waals surface area (Å²) in [5.41, 5.74) is 1.63. The van der Waals surface area contributed by atoms with E-state index in [1.807, 2.05) is 6.07 Å². The van der Waals surface area contributed by atoms with Crippen LogP contribution in [0.2, 0.25) is 0 Å². The summed E-state index contributed by atoms with van der Waals surface area (Å²) < 4.78 is 0. The Balaban J connectivity index is 1.74. The lowest BCUT2D eigenvalue weighted by molar-refractivity contribution is 0.0947. The lowest BCUT2D eigenvalue weighted by atomic mass is 10.1. The minimum Gasteiger partial charge on any atom is -0.351 e. The van der Waals surface area contributed by atoms with Crippen LogP contribution in [0.15, 0.2) is 6.07 Å². The zero-order valence-electron chi connectivity index (χ0n) is 10.6. The summed E-state index contributed by atoms with van der Waals surface area (Å²) in [4.78, 5) is 11.8. The van der Waals surface area contributed by atoms with E-state index < -0.39 is 0 Å². The number of aromatic amines is 1. The van der Waals surface area contributed by atoms with Crippen molar-refractivity contribution in [3.63, 3.8) is 0 Å². The lowest BCUT2D eigenvalue weighted by Gasteiger charge is -2.05. The van der Waals surface area contributed by atoms with Crippen molar-refractivity contribution in [3.8, 4) is 0 Å². The van der Waals surface area contributed by atoms with Crippen LogP contribution < -0.4 is 5.32 Å². The Morgan fingerprint density at radius 1 is 1.59 bits per heavy atom. The maximum absolute atomic E-state index is 11.8. The van der Waals surface area contributed by atoms with Crippen LogP contribution >= 0.6 is 0 Å². The van der Waals surface area contributed by atoms with Gasteiger partial charge in [0.05, 0.1) is 0 Å². The Kier molecular flexibility index (Phi) is 3.82. The van der Waals surface area contributed by atoms with Gasteiger partial charge in [0.25, 0.3) is 5.91 Å². The van der Waals surface area contributed by atoms with Crippen molar-refractivity contribution < 1.29 is 4.79 Å². The molecule has 1 amide bonds. The molecule has 1 saturated carbocycles. The van der Waals surface area contributed by atoms with E-state index in [0.29, 0.717) is 17.5 Å². The van der Waals surface area contributed by atoms with E-state index in [0.717, 1.165) is 25.1 Å². The van der Waals surface area contributed by atoms with Crippen molar-refractivity contribution in [2.75, 3.05) is 6.54 Å². The summed E-state index contributed by atoms with van der Waals surface area (Å²) in [5, 5.41) is 9.91. The van der Waals surface area contributed by atoms with Crippen molar-refractivity contribution in [1.29, 1.82) is 0 Å². The Bertz CT molecular complexity index is 380. The van der Waals surface area contributed by atoms with Crippen molar-refractivity contribution in [1.82, 2.24) is 15.5 Å². The van der Waals surface area contributed by atoms with Gasteiger partial charge in [-0.05, 0) is 37.7 Å². The van der Waals surface area contributed by atoms with Crippen LogP contribution in [-0.4, -0.2) is 22.6 Å². The second kappa shape index (κ2) is 5.34. The Hall–Kier alpha value is -1.32. The number of amides is 1. The first-order chi connectivity index (χ1) is 8.16. The maximum atomic E-state index is 11.8. The van der Waals surface area contributed by atoms with Gasteiger partial charge in [-0.1, -0.05) is 13.8 Å². The maximum Gasteiger partial charge on any atom is 0.271 e. The molecule has 4 heteroatoms. The van der Waals surface area contributed by atoms with Gasteiger partial charge in [-0.2, -0.15) is 5.10 Å². The van der Waals surface area contributed by atoms with Gasteiger partial charge in [0.2, 0.25) is 0 Å². The number of nitrogens with one attached hydrogen (secondary N) is 2. The fourth-order valence-corrected chi connectivity index (χ4v) is 1.86. The Morgan fingerprint density at radius 3 is 3.00 bits per heavy atom. The predicted molar refractivity (Wildman–Crippen MR) is 67.0 cm³/mol. The molecular formula is C13H21N3O. The van der Waals surface area contributed by atoms with Crippen molar-refractivity contribution in [3.05, 3.63) is 17.5 Å². The standard InChI is InChI=1S/C13H21N3O/c1-9(2)4-3-7-14-13(17)12-8-11(15-16-12)10-5-6-10/h8-10H,3-7H2,1-2H3,(H,14,17)(H,15,16). The Morgan fingerprint density at radius 2 is 2.35 bits per heavy atom. The molecule has 0 radical (unpaired) electrons. The van der Waals surface area contributed by atoms with Crippen LogP contribution in [0.4, 0.5) is 0 Å². The third-order valence-corrected chi connectivity index (χ3v) is 3.09. The summed E-state index contributed by atoms with van der Waals surface area (Å²) in [6, 6.07) is 1.88. The number of H-pyrrole nitrogens is 1. The molecule has 0 bridgehead atoms. The average molecular weight is 235 g/mol. The van der Waals surface area contributed by atoms with Crippen LogP contribution in [0.25, 0.3) is 0 Å². The van der Waals surface area contributed by atoms with E-state index in [1.54, 1.807) is 0 Å². The van der Waals surface area contributed by atoms with Gasteiger partial charge in [0.15, 0.2) is 0 Å². The first kappa shape index (κ1) is 12.1. The highest BCUT2D eigenvalue weighted by atomic mass is 16.1. The van der Waals surface area contributed by atoms with Crippen molar-refractivity contribution >= 4 is 5.91 Å². The molecule has 2 N–H and O–H groups in total. The van der Waals surface area contributed by atoms with E-state index in [9.17, 15) is 4.79 Å². The summed E-state index contributed by atoms with van der Waals surface area (Å²) in [6.45, 7) is 5.12. The Labute approximate surface area is 102 Å². The molecule has 0 aliphatic heterocycles. The van der Waals surface area contributed by atoms with Gasteiger partial charge < -0.3 is 5.32 Å². The smallest absolute Gasteiger partial charge is 0.271 e. The third-order valence-electron chi connectivity index (χ3n) is 3.09. The number of carbonyl (C=O) groups excluding carboxylic acids is 1. The highest BCUT2D eigenvalue weighted by Gasteiger charge is 2.26. The number of carbonyl (C=O) groups is 1. The highest BCUT2D eigenvalue weighted by molar-refractivity contribution is 5.92. The van der Waals surface area contributed by atoms with E-state index in [1.165, 1.54) is 12.8 Å². The molecule has 1 aromatic rings. The van der Waals surface area contributed by atoms with Gasteiger partial charge in [0, 0.05) is 18.2 Å². The minimum absolute atomic E-state index is 0.0584. The van der Waals surface area contributed by atoms with Crippen LogP contribution in [0, 0.1) is 5.92 Å².